The van der Waals surface area contributed by atoms with Crippen molar-refractivity contribution >= 4 is 17.0 Å². The Morgan fingerprint density at radius 3 is 2.87 bits per heavy atom. The number of fused-ring (bicyclic) bond motifs is 3. The molecule has 23 heavy (non-hydrogen) atoms. The van der Waals surface area contributed by atoms with Gasteiger partial charge in [-0.15, -0.1) is 0 Å². The van der Waals surface area contributed by atoms with E-state index < -0.39 is 11.2 Å². The first-order valence-corrected chi connectivity index (χ1v) is 7.69. The highest BCUT2D eigenvalue weighted by Crippen LogP contribution is 2.41. The van der Waals surface area contributed by atoms with Crippen LogP contribution in [-0.4, -0.2) is 10.7 Å². The van der Waals surface area contributed by atoms with Crippen molar-refractivity contribution in [2.24, 2.45) is 0 Å². The maximum atomic E-state index is 11.5. The van der Waals surface area contributed by atoms with E-state index in [-0.39, 0.29) is 5.75 Å². The van der Waals surface area contributed by atoms with E-state index in [1.54, 1.807) is 12.1 Å². The summed E-state index contributed by atoms with van der Waals surface area (Å²) in [7, 11) is 0. The van der Waals surface area contributed by atoms with Crippen LogP contribution in [0, 0.1) is 0 Å². The number of allylic oxidation sites excluding steroid dienone is 2. The molecule has 0 amide bonds. The number of rotatable bonds is 3. The topological polar surface area (TPSA) is 59.7 Å². The molecule has 1 aliphatic heterocycles. The molecule has 4 nitrogen and oxygen atoms in total. The fourth-order valence-corrected chi connectivity index (χ4v) is 2.78. The summed E-state index contributed by atoms with van der Waals surface area (Å²) in [4.78, 5) is 11.5. The highest BCUT2D eigenvalue weighted by Gasteiger charge is 2.29. The van der Waals surface area contributed by atoms with Crippen molar-refractivity contribution < 1.29 is 14.3 Å². The second kappa shape index (κ2) is 5.61. The summed E-state index contributed by atoms with van der Waals surface area (Å²) in [6, 6.07) is 4.44. The van der Waals surface area contributed by atoms with Crippen LogP contribution < -0.4 is 10.4 Å². The third kappa shape index (κ3) is 3.02. The molecule has 0 aliphatic carbocycles. The van der Waals surface area contributed by atoms with Crippen molar-refractivity contribution in [1.29, 1.82) is 0 Å². The maximum absolute atomic E-state index is 11.5. The number of hydrogen-bond acceptors (Lipinski definition) is 4. The van der Waals surface area contributed by atoms with E-state index in [0.717, 1.165) is 12.8 Å². The molecule has 0 unspecified atom stereocenters. The van der Waals surface area contributed by atoms with Crippen LogP contribution in [-0.2, 0) is 0 Å². The minimum atomic E-state index is -0.450. The molecule has 1 aromatic carbocycles. The zero-order chi connectivity index (χ0) is 16.6. The molecule has 1 aromatic heterocycles. The SMILES string of the molecule is CC(C)=CCC[C@@]1(C)C=Cc2c(cc(O)c3ccc(=O)oc23)O1. The number of hydrogen-bond donors (Lipinski definition) is 1. The lowest BCUT2D eigenvalue weighted by atomic mass is 9.94. The number of benzene rings is 1. The van der Waals surface area contributed by atoms with Gasteiger partial charge in [-0.25, -0.2) is 4.79 Å². The first-order valence-electron chi connectivity index (χ1n) is 7.69. The van der Waals surface area contributed by atoms with Crippen LogP contribution >= 0.6 is 0 Å². The van der Waals surface area contributed by atoms with Gasteiger partial charge in [0.15, 0.2) is 5.58 Å². The van der Waals surface area contributed by atoms with Crippen LogP contribution in [0.25, 0.3) is 17.0 Å². The van der Waals surface area contributed by atoms with Gasteiger partial charge >= 0.3 is 5.63 Å². The van der Waals surface area contributed by atoms with Crippen LogP contribution in [0.3, 0.4) is 0 Å². The molecular formula is C19H20O4. The van der Waals surface area contributed by atoms with Crippen molar-refractivity contribution in [3.8, 4) is 11.5 Å². The van der Waals surface area contributed by atoms with Crippen molar-refractivity contribution in [1.82, 2.24) is 0 Å². The van der Waals surface area contributed by atoms with Gasteiger partial charge in [0.2, 0.25) is 0 Å². The Morgan fingerprint density at radius 1 is 1.35 bits per heavy atom. The molecule has 2 aromatic rings. The average molecular weight is 312 g/mol. The van der Waals surface area contributed by atoms with E-state index in [2.05, 4.69) is 19.9 Å². The predicted molar refractivity (Wildman–Crippen MR) is 90.9 cm³/mol. The Labute approximate surface area is 134 Å². The summed E-state index contributed by atoms with van der Waals surface area (Å²) in [6.45, 7) is 6.15. The highest BCUT2D eigenvalue weighted by molar-refractivity contribution is 5.93. The number of phenolic OH excluding ortho intramolecular Hbond substituents is 1. The minimum Gasteiger partial charge on any atom is -0.507 e. The summed E-state index contributed by atoms with van der Waals surface area (Å²) in [5.41, 5.74) is 1.42. The lowest BCUT2D eigenvalue weighted by molar-refractivity contribution is 0.128. The zero-order valence-electron chi connectivity index (χ0n) is 13.6. The third-order valence-electron chi connectivity index (χ3n) is 4.03. The van der Waals surface area contributed by atoms with Crippen LogP contribution in [0.4, 0.5) is 0 Å². The van der Waals surface area contributed by atoms with E-state index >= 15 is 0 Å². The van der Waals surface area contributed by atoms with Crippen molar-refractivity contribution in [3.63, 3.8) is 0 Å². The number of ether oxygens (including phenoxy) is 1. The van der Waals surface area contributed by atoms with Gasteiger partial charge in [-0.3, -0.25) is 0 Å². The van der Waals surface area contributed by atoms with Gasteiger partial charge in [-0.05, 0) is 51.8 Å². The molecule has 0 radical (unpaired) electrons. The van der Waals surface area contributed by atoms with Crippen LogP contribution in [0.15, 0.2) is 45.1 Å². The highest BCUT2D eigenvalue weighted by atomic mass is 16.5. The standard InChI is InChI=1S/C19H20O4/c1-12(2)5-4-9-19(3)10-8-14-16(23-19)11-15(20)13-6-7-17(21)22-18(13)14/h5-8,10-11,20H,4,9H2,1-3H3/t19-/m0/s1. The maximum Gasteiger partial charge on any atom is 0.336 e. The number of aromatic hydroxyl groups is 1. The first kappa shape index (κ1) is 15.4. The lowest BCUT2D eigenvalue weighted by Gasteiger charge is -2.31. The Balaban J connectivity index is 2.01. The fraction of sp³-hybridized carbons (Fsp3) is 0.316. The molecular weight excluding hydrogens is 292 g/mol. The molecule has 0 bridgehead atoms. The summed E-state index contributed by atoms with van der Waals surface area (Å²) in [6.07, 6.45) is 7.80. The molecule has 1 N–H and O–H groups in total. The lowest BCUT2D eigenvalue weighted by Crippen LogP contribution is -2.31. The van der Waals surface area contributed by atoms with Crippen molar-refractivity contribution in [2.45, 2.75) is 39.2 Å². The van der Waals surface area contributed by atoms with Gasteiger partial charge in [0.25, 0.3) is 0 Å². The van der Waals surface area contributed by atoms with E-state index in [1.165, 1.54) is 11.6 Å². The van der Waals surface area contributed by atoms with Crippen LogP contribution in [0.1, 0.15) is 39.2 Å². The Kier molecular flexibility index (Phi) is 3.76. The van der Waals surface area contributed by atoms with E-state index in [0.29, 0.717) is 22.3 Å². The molecule has 3 rings (SSSR count). The third-order valence-corrected chi connectivity index (χ3v) is 4.03. The second-order valence-electron chi connectivity index (χ2n) is 6.37. The van der Waals surface area contributed by atoms with E-state index in [4.69, 9.17) is 9.15 Å². The van der Waals surface area contributed by atoms with Crippen molar-refractivity contribution in [2.75, 3.05) is 0 Å². The predicted octanol–water partition coefficient (Wildman–Crippen LogP) is 4.41. The van der Waals surface area contributed by atoms with Gasteiger partial charge in [0, 0.05) is 12.1 Å². The molecule has 0 saturated carbocycles. The smallest absolute Gasteiger partial charge is 0.336 e. The largest absolute Gasteiger partial charge is 0.507 e. The molecule has 0 saturated heterocycles. The summed E-state index contributed by atoms with van der Waals surface area (Å²) in [5, 5.41) is 10.7. The Morgan fingerprint density at radius 2 is 2.13 bits per heavy atom. The zero-order valence-corrected chi connectivity index (χ0v) is 13.6. The van der Waals surface area contributed by atoms with Gasteiger partial charge in [-0.1, -0.05) is 11.6 Å². The quantitative estimate of drug-likeness (QED) is 0.673. The first-order chi connectivity index (χ1) is 10.9. The van der Waals surface area contributed by atoms with Crippen molar-refractivity contribution in [3.05, 3.63) is 51.9 Å². The fourth-order valence-electron chi connectivity index (χ4n) is 2.78. The normalized spacial score (nSPS) is 19.3. The molecule has 0 spiro atoms. The number of phenols is 1. The Hall–Kier alpha value is -2.49. The summed E-state index contributed by atoms with van der Waals surface area (Å²) < 4.78 is 11.4. The Bertz CT molecular complexity index is 869. The summed E-state index contributed by atoms with van der Waals surface area (Å²) >= 11 is 0. The van der Waals surface area contributed by atoms with Gasteiger partial charge in [0.1, 0.15) is 17.1 Å². The van der Waals surface area contributed by atoms with Gasteiger partial charge in [0.05, 0.1) is 10.9 Å². The van der Waals surface area contributed by atoms with Gasteiger partial charge < -0.3 is 14.3 Å². The van der Waals surface area contributed by atoms with Crippen LogP contribution in [0.5, 0.6) is 11.5 Å². The van der Waals surface area contributed by atoms with E-state index in [1.807, 2.05) is 19.1 Å². The average Bonchev–Trinajstić information content (AvgIpc) is 2.46. The van der Waals surface area contributed by atoms with Gasteiger partial charge in [-0.2, -0.15) is 0 Å². The molecule has 2 heterocycles. The monoisotopic (exact) mass is 312 g/mol. The molecule has 4 heteroatoms. The minimum absolute atomic E-state index is 0.0458. The molecule has 0 fully saturated rings. The molecule has 120 valence electrons. The molecule has 1 atom stereocenters. The van der Waals surface area contributed by atoms with E-state index in [9.17, 15) is 9.90 Å². The summed E-state index contributed by atoms with van der Waals surface area (Å²) in [5.74, 6) is 0.580. The van der Waals surface area contributed by atoms with Crippen LogP contribution in [0.2, 0.25) is 0 Å². The molecule has 1 aliphatic rings. The second-order valence-corrected chi connectivity index (χ2v) is 6.37.